The summed E-state index contributed by atoms with van der Waals surface area (Å²) in [6.07, 6.45) is 2.57. The van der Waals surface area contributed by atoms with Gasteiger partial charge in [0.2, 0.25) is 0 Å². The largest absolute Gasteiger partial charge is 0.480 e. The molecular weight excluding hydrogens is 340 g/mol. The highest BCUT2D eigenvalue weighted by Gasteiger charge is 2.36. The number of nitro benzene ring substituents is 1. The van der Waals surface area contributed by atoms with Gasteiger partial charge in [-0.05, 0) is 30.9 Å². The van der Waals surface area contributed by atoms with Gasteiger partial charge in [0.05, 0.1) is 4.92 Å². The Bertz CT molecular complexity index is 862. The van der Waals surface area contributed by atoms with Crippen molar-refractivity contribution in [3.05, 3.63) is 52.3 Å². The summed E-state index contributed by atoms with van der Waals surface area (Å²) >= 11 is 0. The molecule has 0 radical (unpaired) electrons. The van der Waals surface area contributed by atoms with Crippen LogP contribution in [0.3, 0.4) is 0 Å². The summed E-state index contributed by atoms with van der Waals surface area (Å²) in [7, 11) is 0. The van der Waals surface area contributed by atoms with E-state index in [0.29, 0.717) is 13.0 Å². The second kappa shape index (κ2) is 6.95. The first-order valence-electron chi connectivity index (χ1n) is 8.21. The van der Waals surface area contributed by atoms with Gasteiger partial charge in [-0.15, -0.1) is 0 Å². The minimum atomic E-state index is -1.04. The average Bonchev–Trinajstić information content (AvgIpc) is 3.11. The average molecular weight is 358 g/mol. The molecule has 0 saturated carbocycles. The summed E-state index contributed by atoms with van der Waals surface area (Å²) in [6, 6.07) is 6.62. The number of nitrogens with zero attached hydrogens (tertiary/aromatic N) is 4. The normalized spacial score (nSPS) is 20.0. The second-order valence-electron chi connectivity index (χ2n) is 6.37. The molecule has 3 rings (SSSR count). The predicted octanol–water partition coefficient (Wildman–Crippen LogP) is 2.11. The Morgan fingerprint density at radius 2 is 2.04 bits per heavy atom. The van der Waals surface area contributed by atoms with E-state index in [1.165, 1.54) is 34.0 Å². The number of amides is 1. The van der Waals surface area contributed by atoms with Gasteiger partial charge in [-0.25, -0.2) is 9.48 Å². The summed E-state index contributed by atoms with van der Waals surface area (Å²) in [6.45, 7) is 2.30. The lowest BCUT2D eigenvalue weighted by molar-refractivity contribution is -0.384. The zero-order chi connectivity index (χ0) is 18.8. The van der Waals surface area contributed by atoms with Crippen LogP contribution >= 0.6 is 0 Å². The van der Waals surface area contributed by atoms with Crippen molar-refractivity contribution in [3.63, 3.8) is 0 Å². The maximum absolute atomic E-state index is 12.7. The molecule has 0 aliphatic carbocycles. The number of benzene rings is 1. The van der Waals surface area contributed by atoms with E-state index in [1.54, 1.807) is 12.1 Å². The molecule has 1 aromatic heterocycles. The number of carboxylic acid groups (broad SMARTS) is 1. The van der Waals surface area contributed by atoms with E-state index in [9.17, 15) is 24.8 Å². The van der Waals surface area contributed by atoms with Gasteiger partial charge in [0.1, 0.15) is 11.7 Å². The summed E-state index contributed by atoms with van der Waals surface area (Å²) in [4.78, 5) is 36.2. The number of carboxylic acids is 1. The molecule has 136 valence electrons. The van der Waals surface area contributed by atoms with E-state index in [0.717, 1.165) is 6.42 Å². The minimum absolute atomic E-state index is 0.0592. The third-order valence-electron chi connectivity index (χ3n) is 4.54. The Kier molecular flexibility index (Phi) is 4.70. The van der Waals surface area contributed by atoms with Gasteiger partial charge in [-0.3, -0.25) is 14.9 Å². The van der Waals surface area contributed by atoms with Gasteiger partial charge in [0.25, 0.3) is 11.6 Å². The fourth-order valence-corrected chi connectivity index (χ4v) is 3.15. The SMILES string of the molecule is CC1CCN(C(=O)c2ccn(-c3ccccc3[N+](=O)[O-])n2)C(C(=O)O)C1. The smallest absolute Gasteiger partial charge is 0.326 e. The number of hydrogen-bond acceptors (Lipinski definition) is 5. The van der Waals surface area contributed by atoms with Crippen LogP contribution in [0.5, 0.6) is 0 Å². The fraction of sp³-hybridized carbons (Fsp3) is 0.353. The number of aliphatic carboxylic acids is 1. The summed E-state index contributed by atoms with van der Waals surface area (Å²) in [5.74, 6) is -1.30. The number of aromatic nitrogens is 2. The van der Waals surface area contributed by atoms with E-state index in [2.05, 4.69) is 5.10 Å². The van der Waals surface area contributed by atoms with Crippen molar-refractivity contribution in [3.8, 4) is 5.69 Å². The Morgan fingerprint density at radius 3 is 2.73 bits per heavy atom. The van der Waals surface area contributed by atoms with Gasteiger partial charge in [-0.2, -0.15) is 5.10 Å². The van der Waals surface area contributed by atoms with Crippen LogP contribution in [0.2, 0.25) is 0 Å². The molecule has 1 fully saturated rings. The molecular formula is C17H18N4O5. The van der Waals surface area contributed by atoms with Crippen LogP contribution < -0.4 is 0 Å². The molecule has 1 saturated heterocycles. The number of carbonyl (C=O) groups is 2. The second-order valence-corrected chi connectivity index (χ2v) is 6.37. The number of piperidine rings is 1. The van der Waals surface area contributed by atoms with Crippen LogP contribution in [0.25, 0.3) is 5.69 Å². The first-order valence-corrected chi connectivity index (χ1v) is 8.21. The molecule has 0 spiro atoms. The molecule has 1 N–H and O–H groups in total. The van der Waals surface area contributed by atoms with Gasteiger partial charge in [0.15, 0.2) is 5.69 Å². The lowest BCUT2D eigenvalue weighted by Crippen LogP contribution is -2.49. The fourth-order valence-electron chi connectivity index (χ4n) is 3.15. The standard InChI is InChI=1S/C17H18N4O5/c1-11-6-8-19(15(10-11)17(23)24)16(22)12-7-9-20(18-12)13-4-2-3-5-14(13)21(25)26/h2-5,7,9,11,15H,6,8,10H2,1H3,(H,23,24). The van der Waals surface area contributed by atoms with Crippen LogP contribution in [0.4, 0.5) is 5.69 Å². The van der Waals surface area contributed by atoms with Crippen molar-refractivity contribution in [1.82, 2.24) is 14.7 Å². The first-order chi connectivity index (χ1) is 12.4. The molecule has 2 atom stereocenters. The highest BCUT2D eigenvalue weighted by molar-refractivity contribution is 5.95. The van der Waals surface area contributed by atoms with E-state index in [-0.39, 0.29) is 23.0 Å². The molecule has 1 aliphatic rings. The van der Waals surface area contributed by atoms with E-state index >= 15 is 0 Å². The van der Waals surface area contributed by atoms with Gasteiger partial charge < -0.3 is 10.0 Å². The van der Waals surface area contributed by atoms with Crippen LogP contribution in [0, 0.1) is 16.0 Å². The van der Waals surface area contributed by atoms with Gasteiger partial charge >= 0.3 is 5.97 Å². The van der Waals surface area contributed by atoms with Crippen molar-refractivity contribution >= 4 is 17.6 Å². The maximum Gasteiger partial charge on any atom is 0.326 e. The van der Waals surface area contributed by atoms with Gasteiger partial charge in [-0.1, -0.05) is 19.1 Å². The third-order valence-corrected chi connectivity index (χ3v) is 4.54. The number of likely N-dealkylation sites (tertiary alicyclic amines) is 1. The number of para-hydroxylation sites is 2. The number of hydrogen-bond donors (Lipinski definition) is 1. The van der Waals surface area contributed by atoms with Crippen LogP contribution in [0.15, 0.2) is 36.5 Å². The Labute approximate surface area is 149 Å². The zero-order valence-corrected chi connectivity index (χ0v) is 14.1. The first kappa shape index (κ1) is 17.6. The van der Waals surface area contributed by atoms with Crippen molar-refractivity contribution in [2.24, 2.45) is 5.92 Å². The van der Waals surface area contributed by atoms with E-state index in [1.807, 2.05) is 6.92 Å². The van der Waals surface area contributed by atoms with Crippen LogP contribution in [-0.4, -0.2) is 49.2 Å². The molecule has 1 aliphatic heterocycles. The Balaban J connectivity index is 1.89. The predicted molar refractivity (Wildman–Crippen MR) is 91.1 cm³/mol. The van der Waals surface area contributed by atoms with Crippen molar-refractivity contribution in [1.29, 1.82) is 0 Å². The lowest BCUT2D eigenvalue weighted by Gasteiger charge is -2.35. The topological polar surface area (TPSA) is 119 Å². The molecule has 9 heteroatoms. The van der Waals surface area contributed by atoms with E-state index in [4.69, 9.17) is 0 Å². The van der Waals surface area contributed by atoms with Crippen molar-refractivity contribution in [2.45, 2.75) is 25.8 Å². The highest BCUT2D eigenvalue weighted by Crippen LogP contribution is 2.25. The van der Waals surface area contributed by atoms with Crippen LogP contribution in [0.1, 0.15) is 30.3 Å². The third kappa shape index (κ3) is 3.28. The monoisotopic (exact) mass is 358 g/mol. The molecule has 26 heavy (non-hydrogen) atoms. The number of carbonyl (C=O) groups excluding carboxylic acids is 1. The highest BCUT2D eigenvalue weighted by atomic mass is 16.6. The molecule has 0 bridgehead atoms. The number of rotatable bonds is 4. The summed E-state index contributed by atoms with van der Waals surface area (Å²) in [5.41, 5.74) is 0.160. The molecule has 2 aromatic rings. The molecule has 9 nitrogen and oxygen atoms in total. The number of nitro groups is 1. The molecule has 2 unspecified atom stereocenters. The zero-order valence-electron chi connectivity index (χ0n) is 14.1. The Morgan fingerprint density at radius 1 is 1.31 bits per heavy atom. The van der Waals surface area contributed by atoms with Gasteiger partial charge in [0, 0.05) is 18.8 Å². The maximum atomic E-state index is 12.7. The quantitative estimate of drug-likeness (QED) is 0.660. The lowest BCUT2D eigenvalue weighted by atomic mass is 9.92. The summed E-state index contributed by atoms with van der Waals surface area (Å²) in [5, 5.41) is 24.7. The molecule has 2 heterocycles. The summed E-state index contributed by atoms with van der Waals surface area (Å²) < 4.78 is 1.26. The van der Waals surface area contributed by atoms with Crippen molar-refractivity contribution < 1.29 is 19.6 Å². The van der Waals surface area contributed by atoms with Crippen LogP contribution in [-0.2, 0) is 4.79 Å². The van der Waals surface area contributed by atoms with Crippen molar-refractivity contribution in [2.75, 3.05) is 6.54 Å². The molecule has 1 amide bonds. The van der Waals surface area contributed by atoms with E-state index < -0.39 is 22.8 Å². The Hall–Kier alpha value is -3.23. The molecule has 1 aromatic carbocycles. The minimum Gasteiger partial charge on any atom is -0.480 e.